The summed E-state index contributed by atoms with van der Waals surface area (Å²) in [7, 11) is 0. The topological polar surface area (TPSA) is 42.0 Å². The third-order valence-corrected chi connectivity index (χ3v) is 4.74. The quantitative estimate of drug-likeness (QED) is 0.848. The lowest BCUT2D eigenvalue weighted by Gasteiger charge is -2.03. The largest absolute Gasteiger partial charge is 0.302 e. The van der Waals surface area contributed by atoms with Crippen molar-refractivity contribution in [3.63, 3.8) is 0 Å². The smallest absolute Gasteiger partial charge is 0.226 e. The van der Waals surface area contributed by atoms with E-state index in [9.17, 15) is 9.18 Å². The Hall–Kier alpha value is -1.40. The van der Waals surface area contributed by atoms with Gasteiger partial charge in [-0.05, 0) is 26.0 Å². The van der Waals surface area contributed by atoms with Gasteiger partial charge < -0.3 is 5.32 Å². The molecule has 106 valence electrons. The number of hydrogen-bond donors (Lipinski definition) is 1. The summed E-state index contributed by atoms with van der Waals surface area (Å²) in [6.07, 6.45) is 0.330. The molecule has 1 aromatic carbocycles. The summed E-state index contributed by atoms with van der Waals surface area (Å²) in [5.41, 5.74) is 0.936. The van der Waals surface area contributed by atoms with Crippen molar-refractivity contribution in [3.8, 4) is 0 Å². The van der Waals surface area contributed by atoms with Gasteiger partial charge in [-0.15, -0.1) is 23.1 Å². The van der Waals surface area contributed by atoms with E-state index in [1.165, 1.54) is 29.2 Å². The Morgan fingerprint density at radius 3 is 2.80 bits per heavy atom. The molecule has 0 saturated heterocycles. The highest BCUT2D eigenvalue weighted by atomic mass is 32.2. The number of carbonyl (C=O) groups is 1. The Morgan fingerprint density at radius 2 is 2.15 bits per heavy atom. The number of nitrogens with one attached hydrogen (secondary N) is 1. The van der Waals surface area contributed by atoms with E-state index in [0.29, 0.717) is 22.2 Å². The number of thiazole rings is 1. The van der Waals surface area contributed by atoms with Crippen molar-refractivity contribution >= 4 is 34.1 Å². The number of nitrogens with zero attached hydrogens (tertiary/aromatic N) is 1. The van der Waals surface area contributed by atoms with E-state index >= 15 is 0 Å². The van der Waals surface area contributed by atoms with E-state index in [1.807, 2.05) is 13.8 Å². The highest BCUT2D eigenvalue weighted by molar-refractivity contribution is 7.99. The summed E-state index contributed by atoms with van der Waals surface area (Å²) in [4.78, 5) is 17.7. The van der Waals surface area contributed by atoms with Gasteiger partial charge in [-0.25, -0.2) is 9.37 Å². The zero-order valence-electron chi connectivity index (χ0n) is 11.3. The molecule has 0 unspecified atom stereocenters. The fourth-order valence-corrected chi connectivity index (χ4v) is 3.24. The van der Waals surface area contributed by atoms with Crippen molar-refractivity contribution in [3.05, 3.63) is 40.7 Å². The minimum Gasteiger partial charge on any atom is -0.302 e. The summed E-state index contributed by atoms with van der Waals surface area (Å²) >= 11 is 2.81. The highest BCUT2D eigenvalue weighted by Crippen LogP contribution is 2.23. The van der Waals surface area contributed by atoms with Gasteiger partial charge in [0.25, 0.3) is 0 Å². The zero-order valence-corrected chi connectivity index (χ0v) is 12.9. The number of rotatable bonds is 5. The van der Waals surface area contributed by atoms with Gasteiger partial charge in [-0.1, -0.05) is 12.1 Å². The van der Waals surface area contributed by atoms with E-state index in [1.54, 1.807) is 18.2 Å². The number of benzene rings is 1. The van der Waals surface area contributed by atoms with Crippen LogP contribution in [0, 0.1) is 19.7 Å². The first-order valence-corrected chi connectivity index (χ1v) is 7.97. The van der Waals surface area contributed by atoms with Gasteiger partial charge in [0.1, 0.15) is 5.82 Å². The second-order valence-corrected chi connectivity index (χ2v) is 6.58. The maximum Gasteiger partial charge on any atom is 0.226 e. The van der Waals surface area contributed by atoms with Crippen LogP contribution in [0.5, 0.6) is 0 Å². The summed E-state index contributed by atoms with van der Waals surface area (Å²) in [6.45, 7) is 3.88. The van der Waals surface area contributed by atoms with E-state index in [4.69, 9.17) is 0 Å². The number of amides is 1. The fourth-order valence-electron chi connectivity index (χ4n) is 1.52. The summed E-state index contributed by atoms with van der Waals surface area (Å²) in [5.74, 6) is 0.197. The SMILES string of the molecule is Cc1nc(NC(=O)CCSc2ccccc2F)sc1C. The molecule has 0 radical (unpaired) electrons. The molecule has 0 aliphatic rings. The first-order valence-electron chi connectivity index (χ1n) is 6.17. The molecular weight excluding hydrogens is 295 g/mol. The number of thioether (sulfide) groups is 1. The predicted octanol–water partition coefficient (Wildman–Crippen LogP) is 4.02. The molecule has 0 fully saturated rings. The van der Waals surface area contributed by atoms with Crippen LogP contribution in [0.3, 0.4) is 0 Å². The Morgan fingerprint density at radius 1 is 1.40 bits per heavy atom. The monoisotopic (exact) mass is 310 g/mol. The number of aryl methyl sites for hydroxylation is 2. The number of aromatic nitrogens is 1. The molecule has 2 aromatic rings. The van der Waals surface area contributed by atoms with Crippen LogP contribution >= 0.6 is 23.1 Å². The van der Waals surface area contributed by atoms with Gasteiger partial charge in [0.2, 0.25) is 5.91 Å². The van der Waals surface area contributed by atoms with Gasteiger partial charge in [-0.2, -0.15) is 0 Å². The van der Waals surface area contributed by atoms with E-state index in [2.05, 4.69) is 10.3 Å². The average Bonchev–Trinajstić information content (AvgIpc) is 2.70. The molecule has 20 heavy (non-hydrogen) atoms. The number of hydrogen-bond acceptors (Lipinski definition) is 4. The molecule has 0 atom stereocenters. The fraction of sp³-hybridized carbons (Fsp3) is 0.286. The van der Waals surface area contributed by atoms with Crippen molar-refractivity contribution < 1.29 is 9.18 Å². The first kappa shape index (κ1) is 15.0. The van der Waals surface area contributed by atoms with Crippen molar-refractivity contribution in [1.29, 1.82) is 0 Å². The molecule has 0 aliphatic carbocycles. The maximum atomic E-state index is 13.4. The molecule has 6 heteroatoms. The van der Waals surface area contributed by atoms with Crippen molar-refractivity contribution in [2.24, 2.45) is 0 Å². The summed E-state index contributed by atoms with van der Waals surface area (Å²) in [6, 6.07) is 6.57. The molecular formula is C14H15FN2OS2. The second kappa shape index (κ2) is 6.85. The predicted molar refractivity (Wildman–Crippen MR) is 82.0 cm³/mol. The average molecular weight is 310 g/mol. The molecule has 2 rings (SSSR count). The van der Waals surface area contributed by atoms with Crippen molar-refractivity contribution in [2.75, 3.05) is 11.1 Å². The maximum absolute atomic E-state index is 13.4. The van der Waals surface area contributed by atoms with Crippen LogP contribution in [0.25, 0.3) is 0 Å². The van der Waals surface area contributed by atoms with Crippen LogP contribution < -0.4 is 5.32 Å². The van der Waals surface area contributed by atoms with Crippen LogP contribution in [0.2, 0.25) is 0 Å². The number of anilines is 1. The Balaban J connectivity index is 1.80. The van der Waals surface area contributed by atoms with Gasteiger partial charge in [0, 0.05) is 21.9 Å². The van der Waals surface area contributed by atoms with Crippen LogP contribution in [-0.4, -0.2) is 16.6 Å². The van der Waals surface area contributed by atoms with Crippen LogP contribution in [0.15, 0.2) is 29.2 Å². The molecule has 0 saturated carbocycles. The molecule has 1 amide bonds. The molecule has 1 heterocycles. The van der Waals surface area contributed by atoms with E-state index < -0.39 is 0 Å². The minimum absolute atomic E-state index is 0.0948. The summed E-state index contributed by atoms with van der Waals surface area (Å²) < 4.78 is 13.4. The lowest BCUT2D eigenvalue weighted by molar-refractivity contribution is -0.115. The Bertz CT molecular complexity index is 593. The normalized spacial score (nSPS) is 10.6. The lowest BCUT2D eigenvalue weighted by atomic mass is 10.3. The second-order valence-electron chi connectivity index (χ2n) is 4.24. The van der Waals surface area contributed by atoms with E-state index in [0.717, 1.165) is 10.6 Å². The molecule has 1 N–H and O–H groups in total. The third kappa shape index (κ3) is 4.05. The molecule has 0 aliphatic heterocycles. The summed E-state index contributed by atoms with van der Waals surface area (Å²) in [5, 5.41) is 3.39. The van der Waals surface area contributed by atoms with Crippen molar-refractivity contribution in [1.82, 2.24) is 4.98 Å². The lowest BCUT2D eigenvalue weighted by Crippen LogP contribution is -2.11. The van der Waals surface area contributed by atoms with Gasteiger partial charge in [0.15, 0.2) is 5.13 Å². The van der Waals surface area contributed by atoms with Crippen LogP contribution in [0.4, 0.5) is 9.52 Å². The molecule has 0 bridgehead atoms. The van der Waals surface area contributed by atoms with Crippen LogP contribution in [-0.2, 0) is 4.79 Å². The zero-order chi connectivity index (χ0) is 14.5. The van der Waals surface area contributed by atoms with Gasteiger partial charge in [0.05, 0.1) is 5.69 Å². The standard InChI is InChI=1S/C14H15FN2OS2/c1-9-10(2)20-14(16-9)17-13(18)7-8-19-12-6-4-3-5-11(12)15/h3-6H,7-8H2,1-2H3,(H,16,17,18). The molecule has 1 aromatic heterocycles. The van der Waals surface area contributed by atoms with Crippen LogP contribution in [0.1, 0.15) is 17.0 Å². The molecule has 0 spiro atoms. The minimum atomic E-state index is -0.246. The molecule has 3 nitrogen and oxygen atoms in total. The number of halogens is 1. The van der Waals surface area contributed by atoms with Gasteiger partial charge >= 0.3 is 0 Å². The Labute approximate surface area is 125 Å². The first-order chi connectivity index (χ1) is 9.56. The van der Waals surface area contributed by atoms with Crippen molar-refractivity contribution in [2.45, 2.75) is 25.2 Å². The van der Waals surface area contributed by atoms with Gasteiger partial charge in [-0.3, -0.25) is 4.79 Å². The third-order valence-electron chi connectivity index (χ3n) is 2.70. The van der Waals surface area contributed by atoms with E-state index in [-0.39, 0.29) is 11.7 Å². The Kier molecular flexibility index (Phi) is 5.14. The number of carbonyl (C=O) groups excluding carboxylic acids is 1. The highest BCUT2D eigenvalue weighted by Gasteiger charge is 2.08.